The summed E-state index contributed by atoms with van der Waals surface area (Å²) in [5.74, 6) is 0. The van der Waals surface area contributed by atoms with Crippen LogP contribution in [0.4, 0.5) is 0 Å². The zero-order valence-electron chi connectivity index (χ0n) is 16.8. The molecule has 1 saturated carbocycles. The number of ether oxygens (including phenoxy) is 1. The van der Waals surface area contributed by atoms with Crippen molar-refractivity contribution in [1.29, 1.82) is 0 Å². The van der Waals surface area contributed by atoms with Gasteiger partial charge in [0, 0.05) is 21.7 Å². The topological polar surface area (TPSA) is 26.3 Å². The van der Waals surface area contributed by atoms with Gasteiger partial charge in [-0.25, -0.2) is 0 Å². The minimum Gasteiger partial charge on any atom is -0.378 e. The quantitative estimate of drug-likeness (QED) is 0.235. The molecule has 0 aromatic rings. The molecule has 1 unspecified atom stereocenters. The van der Waals surface area contributed by atoms with Crippen molar-refractivity contribution in [3.8, 4) is 0 Å². The molecule has 0 N–H and O–H groups in total. The van der Waals surface area contributed by atoms with Crippen molar-refractivity contribution in [1.82, 2.24) is 0 Å². The summed E-state index contributed by atoms with van der Waals surface area (Å²) in [4.78, 5) is 11.0. The van der Waals surface area contributed by atoms with Crippen molar-refractivity contribution in [2.75, 3.05) is 6.61 Å². The third-order valence-electron chi connectivity index (χ3n) is 5.51. The van der Waals surface area contributed by atoms with E-state index in [-0.39, 0.29) is 9.52 Å². The van der Waals surface area contributed by atoms with Gasteiger partial charge in [0.15, 0.2) is 6.29 Å². The first-order valence-electron chi connectivity index (χ1n) is 11.2. The van der Waals surface area contributed by atoms with Gasteiger partial charge in [-0.05, 0) is 44.9 Å². The van der Waals surface area contributed by atoms with E-state index in [4.69, 9.17) is 4.74 Å². The summed E-state index contributed by atoms with van der Waals surface area (Å²) in [5.41, 5.74) is 0.341. The molecule has 0 saturated heterocycles. The highest BCUT2D eigenvalue weighted by Crippen LogP contribution is 2.20. The van der Waals surface area contributed by atoms with E-state index in [1.165, 1.54) is 95.9 Å². The predicted molar refractivity (Wildman–Crippen MR) is 112 cm³/mol. The Hall–Kier alpha value is -0.153. The van der Waals surface area contributed by atoms with Crippen LogP contribution in [0.5, 0.6) is 0 Å². The van der Waals surface area contributed by atoms with Crippen LogP contribution in [0.3, 0.4) is 0 Å². The monoisotopic (exact) mass is 366 g/mol. The van der Waals surface area contributed by atoms with Crippen molar-refractivity contribution in [3.63, 3.8) is 0 Å². The fourth-order valence-electron chi connectivity index (χ4n) is 3.77. The number of hydrogen-bond donors (Lipinski definition) is 0. The SMILES string of the molecule is CCCC[SiH2]C([C]=O)CCCCCCCCCCOC1CC[CH]CC1. The molecule has 0 spiro atoms. The molecule has 1 atom stereocenters. The molecular formula is C22H42O2Si. The maximum atomic E-state index is 11.0. The Morgan fingerprint density at radius 1 is 1.00 bits per heavy atom. The zero-order chi connectivity index (χ0) is 18.0. The van der Waals surface area contributed by atoms with Crippen LogP contribution in [0, 0.1) is 6.42 Å². The highest BCUT2D eigenvalue weighted by Gasteiger charge is 2.13. The zero-order valence-corrected chi connectivity index (χ0v) is 18.2. The highest BCUT2D eigenvalue weighted by molar-refractivity contribution is 6.42. The second-order valence-electron chi connectivity index (χ2n) is 7.86. The summed E-state index contributed by atoms with van der Waals surface area (Å²) in [6.07, 6.45) is 24.5. The number of carbonyl (C=O) groups excluding carboxylic acids is 1. The van der Waals surface area contributed by atoms with E-state index in [1.54, 1.807) is 0 Å². The van der Waals surface area contributed by atoms with Gasteiger partial charge in [-0.3, -0.25) is 4.79 Å². The Labute approximate surface area is 159 Å². The molecule has 1 rings (SSSR count). The summed E-state index contributed by atoms with van der Waals surface area (Å²) in [6, 6.07) is 1.33. The van der Waals surface area contributed by atoms with E-state index in [0.717, 1.165) is 13.0 Å². The van der Waals surface area contributed by atoms with Crippen LogP contribution in [0.2, 0.25) is 11.6 Å². The Morgan fingerprint density at radius 2 is 1.64 bits per heavy atom. The van der Waals surface area contributed by atoms with Crippen molar-refractivity contribution < 1.29 is 9.53 Å². The highest BCUT2D eigenvalue weighted by atomic mass is 28.2. The number of hydrogen-bond acceptors (Lipinski definition) is 2. The lowest BCUT2D eigenvalue weighted by molar-refractivity contribution is 0.0326. The maximum Gasteiger partial charge on any atom is 0.198 e. The first-order valence-corrected chi connectivity index (χ1v) is 13.0. The molecule has 146 valence electrons. The third-order valence-corrected chi connectivity index (χ3v) is 7.69. The van der Waals surface area contributed by atoms with E-state index in [0.29, 0.717) is 11.6 Å². The summed E-state index contributed by atoms with van der Waals surface area (Å²) < 4.78 is 5.96. The van der Waals surface area contributed by atoms with Gasteiger partial charge in [-0.2, -0.15) is 0 Å². The maximum absolute atomic E-state index is 11.0. The van der Waals surface area contributed by atoms with Crippen molar-refractivity contribution in [2.24, 2.45) is 0 Å². The van der Waals surface area contributed by atoms with E-state index in [1.807, 2.05) is 0 Å². The molecule has 25 heavy (non-hydrogen) atoms. The second-order valence-corrected chi connectivity index (χ2v) is 10.1. The van der Waals surface area contributed by atoms with Gasteiger partial charge in [0.1, 0.15) is 0 Å². The molecule has 0 aliphatic heterocycles. The summed E-state index contributed by atoms with van der Waals surface area (Å²) in [7, 11) is -0.187. The van der Waals surface area contributed by atoms with Gasteiger partial charge in [0.25, 0.3) is 0 Å². The lowest BCUT2D eigenvalue weighted by Gasteiger charge is -2.21. The van der Waals surface area contributed by atoms with E-state index in [2.05, 4.69) is 19.6 Å². The summed E-state index contributed by atoms with van der Waals surface area (Å²) >= 11 is 0. The normalized spacial score (nSPS) is 17.3. The average molecular weight is 367 g/mol. The minimum absolute atomic E-state index is 0.187. The average Bonchev–Trinajstić information content (AvgIpc) is 2.65. The molecule has 3 heteroatoms. The van der Waals surface area contributed by atoms with Crippen LogP contribution in [0.15, 0.2) is 0 Å². The Morgan fingerprint density at radius 3 is 2.28 bits per heavy atom. The van der Waals surface area contributed by atoms with Gasteiger partial charge < -0.3 is 4.74 Å². The van der Waals surface area contributed by atoms with Crippen LogP contribution in [-0.4, -0.2) is 28.5 Å². The summed E-state index contributed by atoms with van der Waals surface area (Å²) in [5, 5.41) is 0. The Kier molecular flexibility index (Phi) is 15.8. The van der Waals surface area contributed by atoms with Gasteiger partial charge in [-0.1, -0.05) is 70.8 Å². The fraction of sp³-hybridized carbons (Fsp3) is 0.909. The van der Waals surface area contributed by atoms with Crippen molar-refractivity contribution in [3.05, 3.63) is 6.42 Å². The lowest BCUT2D eigenvalue weighted by Crippen LogP contribution is -2.17. The largest absolute Gasteiger partial charge is 0.378 e. The molecule has 0 aromatic heterocycles. The van der Waals surface area contributed by atoms with E-state index >= 15 is 0 Å². The molecule has 1 aliphatic carbocycles. The number of rotatable bonds is 17. The number of unbranched alkanes of at least 4 members (excludes halogenated alkanes) is 8. The van der Waals surface area contributed by atoms with Crippen LogP contribution in [0.25, 0.3) is 0 Å². The van der Waals surface area contributed by atoms with Crippen LogP contribution in [-0.2, 0) is 9.53 Å². The first-order chi connectivity index (χ1) is 12.4. The van der Waals surface area contributed by atoms with Crippen molar-refractivity contribution >= 4 is 15.8 Å². The first kappa shape index (κ1) is 22.9. The summed E-state index contributed by atoms with van der Waals surface area (Å²) in [6.45, 7) is 3.20. The van der Waals surface area contributed by atoms with Gasteiger partial charge in [0.2, 0.25) is 0 Å². The minimum atomic E-state index is -0.187. The Balaban J connectivity index is 1.78. The molecule has 0 bridgehead atoms. The van der Waals surface area contributed by atoms with Crippen LogP contribution >= 0.6 is 0 Å². The Bertz CT molecular complexity index is 290. The molecule has 0 amide bonds. The van der Waals surface area contributed by atoms with E-state index in [9.17, 15) is 4.79 Å². The molecule has 0 heterocycles. The van der Waals surface area contributed by atoms with Crippen molar-refractivity contribution in [2.45, 2.75) is 121 Å². The second kappa shape index (κ2) is 17.3. The predicted octanol–water partition coefficient (Wildman–Crippen LogP) is 5.95. The smallest absolute Gasteiger partial charge is 0.198 e. The van der Waals surface area contributed by atoms with Gasteiger partial charge in [-0.15, -0.1) is 0 Å². The third kappa shape index (κ3) is 13.7. The fourth-order valence-corrected chi connectivity index (χ4v) is 5.75. The standard InChI is InChI=1S/C22H42O2Si/c1-2-3-19-25-22(20-23)17-13-8-6-4-5-7-9-14-18-24-21-15-11-10-12-16-21/h10,21-22H,2-9,11-19,25H2,1H3. The molecule has 1 aliphatic rings. The van der Waals surface area contributed by atoms with Gasteiger partial charge >= 0.3 is 0 Å². The van der Waals surface area contributed by atoms with Gasteiger partial charge in [0.05, 0.1) is 6.10 Å². The van der Waals surface area contributed by atoms with E-state index < -0.39 is 0 Å². The molecular weight excluding hydrogens is 324 g/mol. The molecule has 2 radical (unpaired) electrons. The molecule has 1 fully saturated rings. The molecule has 0 aromatic carbocycles. The molecule has 2 nitrogen and oxygen atoms in total. The van der Waals surface area contributed by atoms with Crippen LogP contribution < -0.4 is 0 Å². The van der Waals surface area contributed by atoms with Crippen LogP contribution in [0.1, 0.15) is 103 Å². The lowest BCUT2D eigenvalue weighted by atomic mass is 9.98.